The number of carbonyl (C=O) groups is 1. The molecule has 1 aromatic rings. The fraction of sp³-hybridized carbons (Fsp3) is 0.692. The maximum Gasteiger partial charge on any atom is 0.138 e. The van der Waals surface area contributed by atoms with Crippen molar-refractivity contribution in [2.45, 2.75) is 39.7 Å². The lowest BCUT2D eigenvalue weighted by Crippen LogP contribution is -2.40. The molecule has 0 aromatic carbocycles. The Morgan fingerprint density at radius 3 is 3.00 bits per heavy atom. The van der Waals surface area contributed by atoms with Crippen LogP contribution in [0.3, 0.4) is 0 Å². The lowest BCUT2D eigenvalue weighted by atomic mass is 9.97. The predicted molar refractivity (Wildman–Crippen MR) is 70.3 cm³/mol. The standard InChI is InChI=1S/C13H20N2OS/c1-4-11-7-14-13(17-11)10(3)15-6-5-12(16)9(2)8-15/h7,9-10H,4-6,8H2,1-3H3. The average Bonchev–Trinajstić information content (AvgIpc) is 2.80. The molecule has 2 heterocycles. The predicted octanol–water partition coefficient (Wildman–Crippen LogP) is 2.68. The third kappa shape index (κ3) is 2.75. The number of nitrogens with zero attached hydrogens (tertiary/aromatic N) is 2. The molecular formula is C13H20N2OS. The molecule has 94 valence electrons. The summed E-state index contributed by atoms with van der Waals surface area (Å²) in [4.78, 5) is 19.7. The minimum atomic E-state index is 0.178. The summed E-state index contributed by atoms with van der Waals surface area (Å²) < 4.78 is 0. The maximum absolute atomic E-state index is 11.5. The molecule has 0 amide bonds. The molecule has 0 N–H and O–H groups in total. The Morgan fingerprint density at radius 1 is 1.65 bits per heavy atom. The van der Waals surface area contributed by atoms with E-state index in [9.17, 15) is 4.79 Å². The highest BCUT2D eigenvalue weighted by atomic mass is 32.1. The normalized spacial score (nSPS) is 23.9. The van der Waals surface area contributed by atoms with Crippen molar-refractivity contribution in [1.82, 2.24) is 9.88 Å². The summed E-state index contributed by atoms with van der Waals surface area (Å²) >= 11 is 1.80. The number of likely N-dealkylation sites (tertiary alicyclic amines) is 1. The molecule has 0 radical (unpaired) electrons. The smallest absolute Gasteiger partial charge is 0.138 e. The molecule has 2 atom stereocenters. The van der Waals surface area contributed by atoms with Crippen molar-refractivity contribution in [3.8, 4) is 0 Å². The lowest BCUT2D eigenvalue weighted by molar-refractivity contribution is -0.126. The van der Waals surface area contributed by atoms with Crippen molar-refractivity contribution < 1.29 is 4.79 Å². The molecule has 4 heteroatoms. The zero-order valence-corrected chi connectivity index (χ0v) is 11.6. The van der Waals surface area contributed by atoms with Crippen LogP contribution in [0.4, 0.5) is 0 Å². The second kappa shape index (κ2) is 5.27. The fourth-order valence-corrected chi connectivity index (χ4v) is 3.18. The van der Waals surface area contributed by atoms with Gasteiger partial charge in [0, 0.05) is 36.5 Å². The second-order valence-electron chi connectivity index (χ2n) is 4.81. The molecule has 0 saturated carbocycles. The van der Waals surface area contributed by atoms with Gasteiger partial charge in [-0.15, -0.1) is 11.3 Å². The van der Waals surface area contributed by atoms with Crippen molar-refractivity contribution in [1.29, 1.82) is 0 Å². The van der Waals surface area contributed by atoms with Crippen LogP contribution in [0.2, 0.25) is 0 Å². The fourth-order valence-electron chi connectivity index (χ4n) is 2.23. The van der Waals surface area contributed by atoms with Gasteiger partial charge in [-0.3, -0.25) is 9.69 Å². The van der Waals surface area contributed by atoms with Crippen molar-refractivity contribution in [3.05, 3.63) is 16.1 Å². The van der Waals surface area contributed by atoms with Gasteiger partial charge < -0.3 is 0 Å². The van der Waals surface area contributed by atoms with E-state index in [4.69, 9.17) is 0 Å². The van der Waals surface area contributed by atoms with Crippen LogP contribution in [0.5, 0.6) is 0 Å². The zero-order chi connectivity index (χ0) is 12.4. The van der Waals surface area contributed by atoms with Gasteiger partial charge in [0.25, 0.3) is 0 Å². The molecule has 3 nitrogen and oxygen atoms in total. The highest BCUT2D eigenvalue weighted by Crippen LogP contribution is 2.28. The second-order valence-corrected chi connectivity index (χ2v) is 5.95. The van der Waals surface area contributed by atoms with Crippen LogP contribution in [0.25, 0.3) is 0 Å². The van der Waals surface area contributed by atoms with Crippen molar-refractivity contribution in [2.75, 3.05) is 13.1 Å². The van der Waals surface area contributed by atoms with Crippen molar-refractivity contribution >= 4 is 17.1 Å². The summed E-state index contributed by atoms with van der Waals surface area (Å²) in [6.07, 6.45) is 3.73. The monoisotopic (exact) mass is 252 g/mol. The van der Waals surface area contributed by atoms with Crippen molar-refractivity contribution in [3.63, 3.8) is 0 Å². The number of piperidine rings is 1. The molecule has 0 spiro atoms. The molecule has 2 rings (SSSR count). The van der Waals surface area contributed by atoms with Crippen LogP contribution in [0.15, 0.2) is 6.20 Å². The quantitative estimate of drug-likeness (QED) is 0.829. The van der Waals surface area contributed by atoms with Gasteiger partial charge in [-0.2, -0.15) is 0 Å². The van der Waals surface area contributed by atoms with Gasteiger partial charge in [-0.1, -0.05) is 13.8 Å². The van der Waals surface area contributed by atoms with E-state index in [2.05, 4.69) is 23.7 Å². The Balaban J connectivity index is 2.04. The van der Waals surface area contributed by atoms with E-state index in [-0.39, 0.29) is 5.92 Å². The third-order valence-corrected chi connectivity index (χ3v) is 4.84. The molecule has 0 aliphatic carbocycles. The van der Waals surface area contributed by atoms with Gasteiger partial charge in [0.05, 0.1) is 6.04 Å². The van der Waals surface area contributed by atoms with E-state index in [0.717, 1.165) is 19.5 Å². The molecule has 2 unspecified atom stereocenters. The summed E-state index contributed by atoms with van der Waals surface area (Å²) in [6.45, 7) is 8.14. The number of rotatable bonds is 3. The van der Waals surface area contributed by atoms with E-state index in [1.165, 1.54) is 9.88 Å². The molecule has 1 aliphatic heterocycles. The van der Waals surface area contributed by atoms with Crippen LogP contribution in [0, 0.1) is 5.92 Å². The number of hydrogen-bond acceptors (Lipinski definition) is 4. The van der Waals surface area contributed by atoms with Gasteiger partial charge in [0.1, 0.15) is 10.8 Å². The number of aromatic nitrogens is 1. The maximum atomic E-state index is 11.5. The first kappa shape index (κ1) is 12.7. The van der Waals surface area contributed by atoms with Crippen LogP contribution in [0.1, 0.15) is 43.1 Å². The molecular weight excluding hydrogens is 232 g/mol. The number of thiazole rings is 1. The molecule has 1 aromatic heterocycles. The van der Waals surface area contributed by atoms with E-state index in [1.807, 2.05) is 13.1 Å². The third-order valence-electron chi connectivity index (χ3n) is 3.53. The Kier molecular flexibility index (Phi) is 3.94. The largest absolute Gasteiger partial charge is 0.299 e. The summed E-state index contributed by atoms with van der Waals surface area (Å²) in [7, 11) is 0. The summed E-state index contributed by atoms with van der Waals surface area (Å²) in [6, 6.07) is 0.343. The number of ketones is 1. The van der Waals surface area contributed by atoms with Gasteiger partial charge in [0.2, 0.25) is 0 Å². The Labute approximate surface area is 107 Å². The van der Waals surface area contributed by atoms with Crippen LogP contribution in [-0.2, 0) is 11.2 Å². The van der Waals surface area contributed by atoms with E-state index >= 15 is 0 Å². The highest BCUT2D eigenvalue weighted by molar-refractivity contribution is 7.11. The molecule has 1 fully saturated rings. The van der Waals surface area contributed by atoms with Gasteiger partial charge >= 0.3 is 0 Å². The van der Waals surface area contributed by atoms with Crippen LogP contribution in [-0.4, -0.2) is 28.8 Å². The van der Waals surface area contributed by atoms with Crippen LogP contribution < -0.4 is 0 Å². The first-order valence-electron chi connectivity index (χ1n) is 6.33. The van der Waals surface area contributed by atoms with Crippen molar-refractivity contribution in [2.24, 2.45) is 5.92 Å². The SMILES string of the molecule is CCc1cnc(C(C)N2CCC(=O)C(C)C2)s1. The van der Waals surface area contributed by atoms with Gasteiger partial charge in [-0.25, -0.2) is 4.98 Å². The molecule has 1 aliphatic rings. The lowest BCUT2D eigenvalue weighted by Gasteiger charge is -2.33. The van der Waals surface area contributed by atoms with Crippen LogP contribution >= 0.6 is 11.3 Å². The average molecular weight is 252 g/mol. The summed E-state index contributed by atoms with van der Waals surface area (Å²) in [5.74, 6) is 0.582. The number of Topliss-reactive ketones (excluding diaryl/α,β-unsaturated/α-hetero) is 1. The van der Waals surface area contributed by atoms with E-state index < -0.39 is 0 Å². The highest BCUT2D eigenvalue weighted by Gasteiger charge is 2.28. The first-order valence-corrected chi connectivity index (χ1v) is 7.14. The molecule has 1 saturated heterocycles. The summed E-state index contributed by atoms with van der Waals surface area (Å²) in [5.41, 5.74) is 0. The topological polar surface area (TPSA) is 33.2 Å². The Morgan fingerprint density at radius 2 is 2.41 bits per heavy atom. The minimum absolute atomic E-state index is 0.178. The zero-order valence-electron chi connectivity index (χ0n) is 10.8. The van der Waals surface area contributed by atoms with E-state index in [1.54, 1.807) is 11.3 Å². The minimum Gasteiger partial charge on any atom is -0.299 e. The Hall–Kier alpha value is -0.740. The summed E-state index contributed by atoms with van der Waals surface area (Å²) in [5, 5.41) is 1.18. The number of hydrogen-bond donors (Lipinski definition) is 0. The molecule has 0 bridgehead atoms. The van der Waals surface area contributed by atoms with Gasteiger partial charge in [0.15, 0.2) is 0 Å². The molecule has 17 heavy (non-hydrogen) atoms. The number of aryl methyl sites for hydroxylation is 1. The number of carbonyl (C=O) groups excluding carboxylic acids is 1. The first-order chi connectivity index (χ1) is 8.11. The van der Waals surface area contributed by atoms with Gasteiger partial charge in [-0.05, 0) is 13.3 Å². The Bertz CT molecular complexity index is 402. The van der Waals surface area contributed by atoms with E-state index in [0.29, 0.717) is 18.2 Å².